The molecule has 0 N–H and O–H groups in total. The fourth-order valence-corrected chi connectivity index (χ4v) is 6.13. The molecule has 0 bridgehead atoms. The lowest BCUT2D eigenvalue weighted by molar-refractivity contribution is 0.0311. The van der Waals surface area contributed by atoms with Crippen molar-refractivity contribution in [3.8, 4) is 0 Å². The van der Waals surface area contributed by atoms with Crippen LogP contribution < -0.4 is 4.90 Å². The molecule has 154 valence electrons. The van der Waals surface area contributed by atoms with Crippen molar-refractivity contribution in [1.29, 1.82) is 0 Å². The first-order valence-corrected chi connectivity index (χ1v) is 11.5. The van der Waals surface area contributed by atoms with Gasteiger partial charge in [-0.2, -0.15) is 10.1 Å². The predicted octanol–water partition coefficient (Wildman–Crippen LogP) is 5.03. The van der Waals surface area contributed by atoms with E-state index < -0.39 is 0 Å². The SMILES string of the molecule is CCc1nc2n(n1)C1(CCCCC1)C1CCCCC1N2C(=O)c1ccc(C)cc1. The number of benzene rings is 1. The summed E-state index contributed by atoms with van der Waals surface area (Å²) in [6.45, 7) is 4.16. The molecule has 2 aliphatic carbocycles. The average molecular weight is 393 g/mol. The van der Waals surface area contributed by atoms with Crippen LogP contribution in [0.2, 0.25) is 0 Å². The Hall–Kier alpha value is -2.17. The fourth-order valence-electron chi connectivity index (χ4n) is 6.13. The summed E-state index contributed by atoms with van der Waals surface area (Å²) in [5.74, 6) is 2.25. The minimum absolute atomic E-state index is 0.0587. The number of aryl methyl sites for hydroxylation is 2. The van der Waals surface area contributed by atoms with Crippen LogP contribution in [0.25, 0.3) is 0 Å². The largest absolute Gasteiger partial charge is 0.273 e. The lowest BCUT2D eigenvalue weighted by atomic mass is 9.64. The second-order valence-corrected chi connectivity index (χ2v) is 9.26. The molecular formula is C24H32N4O. The van der Waals surface area contributed by atoms with E-state index in [4.69, 9.17) is 10.1 Å². The number of nitrogens with zero attached hydrogens (tertiary/aromatic N) is 4. The Morgan fingerprint density at radius 1 is 1.07 bits per heavy atom. The lowest BCUT2D eigenvalue weighted by Gasteiger charge is -2.55. The first-order chi connectivity index (χ1) is 14.1. The predicted molar refractivity (Wildman–Crippen MR) is 114 cm³/mol. The molecule has 0 radical (unpaired) electrons. The summed E-state index contributed by atoms with van der Waals surface area (Å²) in [4.78, 5) is 20.7. The number of carbonyl (C=O) groups is 1. The van der Waals surface area contributed by atoms with Gasteiger partial charge in [0.05, 0.1) is 5.54 Å². The van der Waals surface area contributed by atoms with Gasteiger partial charge in [-0.3, -0.25) is 9.69 Å². The van der Waals surface area contributed by atoms with Crippen molar-refractivity contribution in [3.63, 3.8) is 0 Å². The summed E-state index contributed by atoms with van der Waals surface area (Å²) in [6, 6.07) is 8.22. The molecule has 0 saturated heterocycles. The highest BCUT2D eigenvalue weighted by molar-refractivity contribution is 6.05. The Labute approximate surface area is 173 Å². The molecule has 2 aromatic rings. The molecule has 3 aliphatic rings. The van der Waals surface area contributed by atoms with Crippen LogP contribution in [0.5, 0.6) is 0 Å². The van der Waals surface area contributed by atoms with Gasteiger partial charge >= 0.3 is 0 Å². The van der Waals surface area contributed by atoms with Crippen molar-refractivity contribution in [2.24, 2.45) is 5.92 Å². The number of hydrogen-bond donors (Lipinski definition) is 0. The third-order valence-electron chi connectivity index (χ3n) is 7.58. The molecule has 1 amide bonds. The summed E-state index contributed by atoms with van der Waals surface area (Å²) in [5, 5.41) is 4.99. The fraction of sp³-hybridized carbons (Fsp3) is 0.625. The maximum Gasteiger partial charge on any atom is 0.260 e. The Morgan fingerprint density at radius 3 is 2.52 bits per heavy atom. The summed E-state index contributed by atoms with van der Waals surface area (Å²) >= 11 is 0. The highest BCUT2D eigenvalue weighted by Gasteiger charge is 2.55. The van der Waals surface area contributed by atoms with E-state index in [9.17, 15) is 4.79 Å². The molecule has 2 atom stereocenters. The first kappa shape index (κ1) is 18.8. The molecule has 2 saturated carbocycles. The van der Waals surface area contributed by atoms with Gasteiger partial charge in [-0.15, -0.1) is 0 Å². The zero-order valence-corrected chi connectivity index (χ0v) is 17.7. The molecule has 5 rings (SSSR count). The van der Waals surface area contributed by atoms with Gasteiger partial charge in [-0.1, -0.05) is 56.7 Å². The Balaban J connectivity index is 1.66. The Kier molecular flexibility index (Phi) is 4.72. The van der Waals surface area contributed by atoms with Gasteiger partial charge < -0.3 is 0 Å². The topological polar surface area (TPSA) is 51.0 Å². The molecular weight excluding hydrogens is 360 g/mol. The van der Waals surface area contributed by atoms with Gasteiger partial charge in [0.2, 0.25) is 5.95 Å². The Bertz CT molecular complexity index is 894. The molecule has 1 aromatic carbocycles. The van der Waals surface area contributed by atoms with Gasteiger partial charge in [0, 0.05) is 23.9 Å². The van der Waals surface area contributed by atoms with Crippen LogP contribution in [0.15, 0.2) is 24.3 Å². The van der Waals surface area contributed by atoms with Gasteiger partial charge in [0.15, 0.2) is 5.82 Å². The summed E-state index contributed by atoms with van der Waals surface area (Å²) < 4.78 is 2.21. The van der Waals surface area contributed by atoms with E-state index in [1.54, 1.807) is 0 Å². The van der Waals surface area contributed by atoms with Crippen molar-refractivity contribution in [2.75, 3.05) is 4.90 Å². The van der Waals surface area contributed by atoms with Gasteiger partial charge in [-0.25, -0.2) is 4.68 Å². The van der Waals surface area contributed by atoms with Crippen molar-refractivity contribution in [2.45, 2.75) is 89.6 Å². The monoisotopic (exact) mass is 392 g/mol. The van der Waals surface area contributed by atoms with Crippen LogP contribution in [-0.2, 0) is 12.0 Å². The lowest BCUT2D eigenvalue weighted by Crippen LogP contribution is -2.61. The van der Waals surface area contributed by atoms with Crippen molar-refractivity contribution in [3.05, 3.63) is 41.2 Å². The normalized spacial score (nSPS) is 25.5. The van der Waals surface area contributed by atoms with Crippen LogP contribution in [0.1, 0.15) is 86.5 Å². The minimum Gasteiger partial charge on any atom is -0.273 e. The van der Waals surface area contributed by atoms with Crippen molar-refractivity contribution in [1.82, 2.24) is 14.8 Å². The quantitative estimate of drug-likeness (QED) is 0.720. The van der Waals surface area contributed by atoms with Crippen molar-refractivity contribution >= 4 is 11.9 Å². The molecule has 29 heavy (non-hydrogen) atoms. The van der Waals surface area contributed by atoms with E-state index in [2.05, 4.69) is 18.5 Å². The van der Waals surface area contributed by atoms with E-state index >= 15 is 0 Å². The zero-order chi connectivity index (χ0) is 20.0. The van der Waals surface area contributed by atoms with Crippen LogP contribution in [0.4, 0.5) is 5.95 Å². The van der Waals surface area contributed by atoms with Crippen LogP contribution in [-0.4, -0.2) is 26.7 Å². The molecule has 2 fully saturated rings. The molecule has 2 unspecified atom stereocenters. The highest BCUT2D eigenvalue weighted by Crippen LogP contribution is 2.52. The number of aromatic nitrogens is 3. The highest BCUT2D eigenvalue weighted by atomic mass is 16.2. The molecule has 5 heteroatoms. The summed E-state index contributed by atoms with van der Waals surface area (Å²) in [6.07, 6.45) is 11.7. The second-order valence-electron chi connectivity index (χ2n) is 9.26. The number of hydrogen-bond acceptors (Lipinski definition) is 3. The van der Waals surface area contributed by atoms with E-state index in [1.165, 1.54) is 56.9 Å². The van der Waals surface area contributed by atoms with Crippen molar-refractivity contribution < 1.29 is 4.79 Å². The van der Waals surface area contributed by atoms with Crippen LogP contribution >= 0.6 is 0 Å². The standard InChI is InChI=1S/C24H32N4O/c1-3-21-25-23-27(22(29)18-13-11-17(2)12-14-18)20-10-6-5-9-19(20)24(28(23)26-21)15-7-4-8-16-24/h11-14,19-20H,3-10,15-16H2,1-2H3. The van der Waals surface area contributed by atoms with Crippen LogP contribution in [0, 0.1) is 12.8 Å². The van der Waals surface area contributed by atoms with Gasteiger partial charge in [-0.05, 0) is 44.7 Å². The number of carbonyl (C=O) groups excluding carboxylic acids is 1. The van der Waals surface area contributed by atoms with Gasteiger partial charge in [0.25, 0.3) is 5.91 Å². The van der Waals surface area contributed by atoms with E-state index in [-0.39, 0.29) is 17.5 Å². The number of anilines is 1. The third-order valence-corrected chi connectivity index (χ3v) is 7.58. The summed E-state index contributed by atoms with van der Waals surface area (Å²) in [7, 11) is 0. The number of fused-ring (bicyclic) bond motifs is 4. The van der Waals surface area contributed by atoms with E-state index in [0.717, 1.165) is 30.2 Å². The van der Waals surface area contributed by atoms with Crippen LogP contribution in [0.3, 0.4) is 0 Å². The molecule has 1 aliphatic heterocycles. The maximum atomic E-state index is 13.7. The minimum atomic E-state index is 0.0587. The molecule has 1 aromatic heterocycles. The molecule has 1 spiro atoms. The average Bonchev–Trinajstić information content (AvgIpc) is 3.20. The smallest absolute Gasteiger partial charge is 0.260 e. The van der Waals surface area contributed by atoms with E-state index in [0.29, 0.717) is 5.92 Å². The first-order valence-electron chi connectivity index (χ1n) is 11.5. The van der Waals surface area contributed by atoms with E-state index in [1.807, 2.05) is 29.2 Å². The van der Waals surface area contributed by atoms with Gasteiger partial charge in [0.1, 0.15) is 0 Å². The number of amides is 1. The Morgan fingerprint density at radius 2 is 1.79 bits per heavy atom. The summed E-state index contributed by atoms with van der Waals surface area (Å²) in [5.41, 5.74) is 1.99. The molecule has 2 heterocycles. The maximum absolute atomic E-state index is 13.7. The number of rotatable bonds is 2. The third kappa shape index (κ3) is 2.92. The molecule has 5 nitrogen and oxygen atoms in total. The zero-order valence-electron chi connectivity index (χ0n) is 17.7. The second kappa shape index (κ2) is 7.26.